The van der Waals surface area contributed by atoms with Crippen molar-refractivity contribution in [2.45, 2.75) is 39.0 Å². The van der Waals surface area contributed by atoms with Gasteiger partial charge in [-0.1, -0.05) is 36.4 Å². The van der Waals surface area contributed by atoms with Gasteiger partial charge in [-0.05, 0) is 30.9 Å². The summed E-state index contributed by atoms with van der Waals surface area (Å²) in [7, 11) is 1.71. The van der Waals surface area contributed by atoms with Gasteiger partial charge in [0.15, 0.2) is 5.96 Å². The van der Waals surface area contributed by atoms with Crippen LogP contribution in [0.25, 0.3) is 0 Å². The predicted octanol–water partition coefficient (Wildman–Crippen LogP) is 2.61. The Balaban J connectivity index is 1.91. The normalized spacial score (nSPS) is 15.4. The first kappa shape index (κ1) is 15.6. The molecule has 0 heterocycles. The molecule has 0 spiro atoms. The van der Waals surface area contributed by atoms with Crippen molar-refractivity contribution in [1.82, 2.24) is 10.6 Å². The fourth-order valence-corrected chi connectivity index (χ4v) is 2.33. The molecule has 0 aliphatic heterocycles. The molecule has 1 aliphatic rings. The molecule has 21 heavy (non-hydrogen) atoms. The lowest BCUT2D eigenvalue weighted by atomic mass is 10.1. The highest BCUT2D eigenvalue weighted by Crippen LogP contribution is 2.09. The summed E-state index contributed by atoms with van der Waals surface area (Å²) in [5.74, 6) is 0.896. The molecule has 0 unspecified atom stereocenters. The summed E-state index contributed by atoms with van der Waals surface area (Å²) in [6.45, 7) is 4.30. The van der Waals surface area contributed by atoms with Crippen LogP contribution in [0.5, 0.6) is 0 Å². The smallest absolute Gasteiger partial charge is 0.191 e. The van der Waals surface area contributed by atoms with E-state index in [9.17, 15) is 0 Å². The van der Waals surface area contributed by atoms with Crippen molar-refractivity contribution in [1.29, 1.82) is 0 Å². The highest BCUT2D eigenvalue weighted by Gasteiger charge is 2.11. The van der Waals surface area contributed by atoms with Crippen LogP contribution in [0.1, 0.15) is 30.9 Å². The molecule has 4 heteroatoms. The molecule has 2 rings (SSSR count). The molecule has 0 saturated carbocycles. The van der Waals surface area contributed by atoms with Crippen molar-refractivity contribution in [3.8, 4) is 0 Å². The molecule has 1 aliphatic carbocycles. The highest BCUT2D eigenvalue weighted by molar-refractivity contribution is 5.80. The molecule has 0 amide bonds. The first-order chi connectivity index (χ1) is 10.3. The molecule has 2 N–H and O–H groups in total. The zero-order valence-electron chi connectivity index (χ0n) is 12.9. The summed E-state index contributed by atoms with van der Waals surface area (Å²) >= 11 is 0. The monoisotopic (exact) mass is 287 g/mol. The topological polar surface area (TPSA) is 45.7 Å². The second-order valence-electron chi connectivity index (χ2n) is 5.23. The Labute approximate surface area is 127 Å². The van der Waals surface area contributed by atoms with Gasteiger partial charge in [0.2, 0.25) is 0 Å². The van der Waals surface area contributed by atoms with E-state index >= 15 is 0 Å². The quantitative estimate of drug-likeness (QED) is 0.480. The van der Waals surface area contributed by atoms with E-state index in [0.717, 1.165) is 25.3 Å². The number of aliphatic imine (C=N–C) groups is 1. The zero-order valence-corrected chi connectivity index (χ0v) is 12.9. The van der Waals surface area contributed by atoms with E-state index in [2.05, 4.69) is 59.0 Å². The minimum absolute atomic E-state index is 0.479. The third-order valence-corrected chi connectivity index (χ3v) is 3.45. The lowest BCUT2D eigenvalue weighted by Crippen LogP contribution is -2.42. The van der Waals surface area contributed by atoms with Gasteiger partial charge >= 0.3 is 0 Å². The van der Waals surface area contributed by atoms with E-state index in [4.69, 9.17) is 4.74 Å². The largest absolute Gasteiger partial charge is 0.380 e. The van der Waals surface area contributed by atoms with Crippen LogP contribution in [0.3, 0.4) is 0 Å². The summed E-state index contributed by atoms with van der Waals surface area (Å²) in [5.41, 5.74) is 2.39. The van der Waals surface area contributed by atoms with E-state index in [1.54, 1.807) is 7.11 Å². The number of hydrogen-bond donors (Lipinski definition) is 2. The third kappa shape index (κ3) is 5.23. The molecule has 0 bridgehead atoms. The lowest BCUT2D eigenvalue weighted by molar-refractivity contribution is 0.185. The van der Waals surface area contributed by atoms with Gasteiger partial charge in [-0.3, -0.25) is 0 Å². The van der Waals surface area contributed by atoms with Crippen molar-refractivity contribution in [3.05, 3.63) is 47.5 Å². The van der Waals surface area contributed by atoms with E-state index in [0.29, 0.717) is 19.2 Å². The Hall–Kier alpha value is -1.81. The number of rotatable bonds is 6. The third-order valence-electron chi connectivity index (χ3n) is 3.45. The molecule has 1 aromatic rings. The van der Waals surface area contributed by atoms with Crippen molar-refractivity contribution in [2.24, 2.45) is 4.99 Å². The van der Waals surface area contributed by atoms with E-state index in [1.807, 2.05) is 0 Å². The molecule has 0 atom stereocenters. The van der Waals surface area contributed by atoms with Gasteiger partial charge in [-0.25, -0.2) is 4.99 Å². The van der Waals surface area contributed by atoms with E-state index < -0.39 is 0 Å². The number of benzene rings is 1. The predicted molar refractivity (Wildman–Crippen MR) is 87.3 cm³/mol. The van der Waals surface area contributed by atoms with Crippen molar-refractivity contribution in [3.63, 3.8) is 0 Å². The number of guanidine groups is 1. The van der Waals surface area contributed by atoms with Crippen LogP contribution >= 0.6 is 0 Å². The van der Waals surface area contributed by atoms with Crippen LogP contribution in [0, 0.1) is 0 Å². The van der Waals surface area contributed by atoms with Crippen molar-refractivity contribution < 1.29 is 4.74 Å². The molecule has 4 nitrogen and oxygen atoms in total. The summed E-state index contributed by atoms with van der Waals surface area (Å²) < 4.78 is 5.12. The van der Waals surface area contributed by atoms with Crippen LogP contribution in [0.15, 0.2) is 41.4 Å². The molecule has 0 fully saturated rings. The number of ether oxygens (including phenoxy) is 1. The number of nitrogens with one attached hydrogen (secondary N) is 2. The Morgan fingerprint density at radius 3 is 2.48 bits per heavy atom. The number of hydrogen-bond acceptors (Lipinski definition) is 2. The maximum Gasteiger partial charge on any atom is 0.191 e. The molecule has 0 saturated heterocycles. The Morgan fingerprint density at radius 2 is 1.86 bits per heavy atom. The Morgan fingerprint density at radius 1 is 1.19 bits per heavy atom. The SMILES string of the molecule is CCNC(=NCc1ccc(COC)cc1)NC1CC=CC1. The van der Waals surface area contributed by atoms with Gasteiger partial charge in [0.25, 0.3) is 0 Å². The number of nitrogens with zero attached hydrogens (tertiary/aromatic N) is 1. The summed E-state index contributed by atoms with van der Waals surface area (Å²) in [5, 5.41) is 6.78. The lowest BCUT2D eigenvalue weighted by Gasteiger charge is -2.16. The van der Waals surface area contributed by atoms with Crippen LogP contribution in [0.2, 0.25) is 0 Å². The summed E-state index contributed by atoms with van der Waals surface area (Å²) in [4.78, 5) is 4.66. The maximum atomic E-state index is 5.12. The summed E-state index contributed by atoms with van der Waals surface area (Å²) in [6, 6.07) is 8.88. The molecule has 114 valence electrons. The highest BCUT2D eigenvalue weighted by atomic mass is 16.5. The average molecular weight is 287 g/mol. The minimum Gasteiger partial charge on any atom is -0.380 e. The van der Waals surface area contributed by atoms with Crippen LogP contribution in [-0.4, -0.2) is 25.7 Å². The van der Waals surface area contributed by atoms with E-state index in [-0.39, 0.29) is 0 Å². The minimum atomic E-state index is 0.479. The second-order valence-corrected chi connectivity index (χ2v) is 5.23. The Kier molecular flexibility index (Phi) is 6.28. The maximum absolute atomic E-state index is 5.12. The van der Waals surface area contributed by atoms with Gasteiger partial charge in [-0.15, -0.1) is 0 Å². The average Bonchev–Trinajstić information content (AvgIpc) is 3.00. The zero-order chi connectivity index (χ0) is 14.9. The second kappa shape index (κ2) is 8.47. The fraction of sp³-hybridized carbons (Fsp3) is 0.471. The van der Waals surface area contributed by atoms with Crippen LogP contribution in [0.4, 0.5) is 0 Å². The Bertz CT molecular complexity index is 471. The molecule has 1 aromatic carbocycles. The van der Waals surface area contributed by atoms with Crippen LogP contribution < -0.4 is 10.6 Å². The van der Waals surface area contributed by atoms with Gasteiger partial charge in [0.1, 0.15) is 0 Å². The number of methoxy groups -OCH3 is 1. The van der Waals surface area contributed by atoms with Gasteiger partial charge in [0, 0.05) is 19.7 Å². The molecular weight excluding hydrogens is 262 g/mol. The first-order valence-electron chi connectivity index (χ1n) is 7.58. The van der Waals surface area contributed by atoms with Gasteiger partial charge < -0.3 is 15.4 Å². The first-order valence-corrected chi connectivity index (χ1v) is 7.58. The fourth-order valence-electron chi connectivity index (χ4n) is 2.33. The standard InChI is InChI=1S/C17H25N3O/c1-3-18-17(20-16-6-4-5-7-16)19-12-14-8-10-15(11-9-14)13-21-2/h4-5,8-11,16H,3,6-7,12-13H2,1-2H3,(H2,18,19,20). The van der Waals surface area contributed by atoms with Gasteiger partial charge in [-0.2, -0.15) is 0 Å². The van der Waals surface area contributed by atoms with Gasteiger partial charge in [0.05, 0.1) is 13.2 Å². The van der Waals surface area contributed by atoms with Crippen LogP contribution in [-0.2, 0) is 17.9 Å². The van der Waals surface area contributed by atoms with Crippen molar-refractivity contribution in [2.75, 3.05) is 13.7 Å². The van der Waals surface area contributed by atoms with E-state index in [1.165, 1.54) is 11.1 Å². The molecule has 0 aromatic heterocycles. The van der Waals surface area contributed by atoms with Crippen molar-refractivity contribution >= 4 is 5.96 Å². The molecule has 0 radical (unpaired) electrons. The molecular formula is C17H25N3O. The summed E-state index contributed by atoms with van der Waals surface area (Å²) in [6.07, 6.45) is 6.60.